The van der Waals surface area contributed by atoms with Crippen molar-refractivity contribution in [3.8, 4) is 11.5 Å². The normalized spacial score (nSPS) is 10.1. The highest BCUT2D eigenvalue weighted by atomic mass is 79.9. The maximum absolute atomic E-state index is 11.3. The molecule has 92 valence electrons. The first-order valence-corrected chi connectivity index (χ1v) is 6.11. The Hall–Kier alpha value is -1.59. The quantitative estimate of drug-likeness (QED) is 0.939. The number of rotatable bonds is 3. The minimum absolute atomic E-state index is 0.263. The van der Waals surface area contributed by atoms with Crippen LogP contribution >= 0.6 is 27.5 Å². The summed E-state index contributed by atoms with van der Waals surface area (Å²) in [6, 6.07) is 6.35. The van der Waals surface area contributed by atoms with Gasteiger partial charge >= 0.3 is 0 Å². The van der Waals surface area contributed by atoms with Gasteiger partial charge in [0.15, 0.2) is 0 Å². The van der Waals surface area contributed by atoms with Crippen molar-refractivity contribution >= 4 is 33.4 Å². The molecular formula is C12H8BrClN2O2. The summed E-state index contributed by atoms with van der Waals surface area (Å²) in [5.41, 5.74) is 5.52. The Balaban J connectivity index is 2.39. The van der Waals surface area contributed by atoms with Gasteiger partial charge in [0.05, 0.1) is 11.8 Å². The van der Waals surface area contributed by atoms with E-state index in [1.165, 1.54) is 18.3 Å². The van der Waals surface area contributed by atoms with E-state index in [4.69, 9.17) is 22.1 Å². The van der Waals surface area contributed by atoms with Crippen molar-refractivity contribution in [2.24, 2.45) is 5.73 Å². The number of hydrogen-bond donors (Lipinski definition) is 1. The van der Waals surface area contributed by atoms with Crippen molar-refractivity contribution in [1.29, 1.82) is 0 Å². The van der Waals surface area contributed by atoms with Gasteiger partial charge in [-0.1, -0.05) is 11.6 Å². The maximum Gasteiger partial charge on any atom is 0.252 e. The number of carbonyl (C=O) groups excluding carboxylic acids is 1. The highest BCUT2D eigenvalue weighted by Gasteiger charge is 2.11. The minimum atomic E-state index is -0.579. The summed E-state index contributed by atoms with van der Waals surface area (Å²) < 4.78 is 6.32. The van der Waals surface area contributed by atoms with Crippen LogP contribution in [0.15, 0.2) is 41.1 Å². The van der Waals surface area contributed by atoms with Gasteiger partial charge in [0.25, 0.3) is 5.91 Å². The lowest BCUT2D eigenvalue weighted by Gasteiger charge is -2.09. The molecule has 1 amide bonds. The Morgan fingerprint density at radius 3 is 2.78 bits per heavy atom. The lowest BCUT2D eigenvalue weighted by molar-refractivity contribution is 0.0998. The van der Waals surface area contributed by atoms with E-state index in [1.54, 1.807) is 18.3 Å². The van der Waals surface area contributed by atoms with Crippen LogP contribution in [0, 0.1) is 0 Å². The summed E-state index contributed by atoms with van der Waals surface area (Å²) in [5, 5.41) is 0.456. The Morgan fingerprint density at radius 1 is 1.33 bits per heavy atom. The zero-order valence-corrected chi connectivity index (χ0v) is 11.4. The molecule has 0 spiro atoms. The molecule has 0 radical (unpaired) electrons. The third kappa shape index (κ3) is 3.00. The summed E-state index contributed by atoms with van der Waals surface area (Å²) >= 11 is 9.14. The zero-order valence-electron chi connectivity index (χ0n) is 9.06. The average molecular weight is 328 g/mol. The van der Waals surface area contributed by atoms with Crippen molar-refractivity contribution in [2.75, 3.05) is 0 Å². The van der Waals surface area contributed by atoms with Gasteiger partial charge in [0.1, 0.15) is 11.5 Å². The average Bonchev–Trinajstić information content (AvgIpc) is 2.28. The number of benzene rings is 1. The lowest BCUT2D eigenvalue weighted by Crippen LogP contribution is -2.12. The molecule has 0 bridgehead atoms. The van der Waals surface area contributed by atoms with E-state index >= 15 is 0 Å². The molecule has 1 aromatic heterocycles. The first-order chi connectivity index (χ1) is 8.56. The van der Waals surface area contributed by atoms with Gasteiger partial charge in [-0.2, -0.15) is 0 Å². The van der Waals surface area contributed by atoms with E-state index in [1.807, 2.05) is 0 Å². The number of hydrogen-bond acceptors (Lipinski definition) is 3. The van der Waals surface area contributed by atoms with Crippen LogP contribution in [0.1, 0.15) is 10.4 Å². The first kappa shape index (κ1) is 12.9. The summed E-state index contributed by atoms with van der Waals surface area (Å²) in [7, 11) is 0. The van der Waals surface area contributed by atoms with Gasteiger partial charge in [0, 0.05) is 21.8 Å². The lowest BCUT2D eigenvalue weighted by atomic mass is 10.2. The highest BCUT2D eigenvalue weighted by molar-refractivity contribution is 9.10. The van der Waals surface area contributed by atoms with Crippen molar-refractivity contribution in [2.45, 2.75) is 0 Å². The highest BCUT2D eigenvalue weighted by Crippen LogP contribution is 2.29. The number of carbonyl (C=O) groups is 1. The standard InChI is InChI=1S/C12H8BrClN2O2/c13-7-3-9(6-16-5-7)18-11-4-8(14)1-2-10(11)12(15)17/h1-6H,(H2,15,17). The number of nitrogens with zero attached hydrogens (tertiary/aromatic N) is 1. The molecule has 0 saturated carbocycles. The summed E-state index contributed by atoms with van der Waals surface area (Å²) in [6.45, 7) is 0. The largest absolute Gasteiger partial charge is 0.455 e. The Kier molecular flexibility index (Phi) is 3.84. The Bertz CT molecular complexity index is 604. The smallest absolute Gasteiger partial charge is 0.252 e. The molecule has 0 unspecified atom stereocenters. The van der Waals surface area contributed by atoms with Crippen LogP contribution in [0.2, 0.25) is 5.02 Å². The van der Waals surface area contributed by atoms with Gasteiger partial charge in [-0.15, -0.1) is 0 Å². The molecule has 0 aliphatic rings. The molecule has 2 N–H and O–H groups in total. The fourth-order valence-corrected chi connectivity index (χ4v) is 1.87. The van der Waals surface area contributed by atoms with Crippen LogP contribution in [0.5, 0.6) is 11.5 Å². The summed E-state index contributed by atoms with van der Waals surface area (Å²) in [6.07, 6.45) is 3.15. The van der Waals surface area contributed by atoms with Crippen LogP contribution in [0.3, 0.4) is 0 Å². The van der Waals surface area contributed by atoms with Crippen LogP contribution in [-0.2, 0) is 0 Å². The Labute approximate surface area is 117 Å². The maximum atomic E-state index is 11.3. The van der Waals surface area contributed by atoms with Crippen molar-refractivity contribution in [3.05, 3.63) is 51.7 Å². The van der Waals surface area contributed by atoms with Crippen LogP contribution < -0.4 is 10.5 Å². The van der Waals surface area contributed by atoms with E-state index in [0.29, 0.717) is 16.5 Å². The summed E-state index contributed by atoms with van der Waals surface area (Å²) in [5.74, 6) is 0.202. The van der Waals surface area contributed by atoms with Crippen LogP contribution in [0.4, 0.5) is 0 Å². The molecule has 0 aliphatic carbocycles. The molecule has 4 nitrogen and oxygen atoms in total. The second kappa shape index (κ2) is 5.37. The fraction of sp³-hybridized carbons (Fsp3) is 0. The number of amides is 1. The van der Waals surface area contributed by atoms with E-state index in [-0.39, 0.29) is 5.56 Å². The summed E-state index contributed by atoms with van der Waals surface area (Å²) in [4.78, 5) is 15.2. The van der Waals surface area contributed by atoms with Gasteiger partial charge in [0.2, 0.25) is 0 Å². The second-order valence-corrected chi connectivity index (χ2v) is 4.80. The Morgan fingerprint density at radius 2 is 2.11 bits per heavy atom. The number of halogens is 2. The van der Waals surface area contributed by atoms with E-state index in [2.05, 4.69) is 20.9 Å². The number of primary amides is 1. The van der Waals surface area contributed by atoms with Gasteiger partial charge in [-0.3, -0.25) is 9.78 Å². The van der Waals surface area contributed by atoms with E-state index in [9.17, 15) is 4.79 Å². The third-order valence-electron chi connectivity index (χ3n) is 2.12. The fourth-order valence-electron chi connectivity index (χ4n) is 1.36. The van der Waals surface area contributed by atoms with E-state index < -0.39 is 5.91 Å². The number of nitrogens with two attached hydrogens (primary N) is 1. The molecule has 18 heavy (non-hydrogen) atoms. The second-order valence-electron chi connectivity index (χ2n) is 3.45. The molecule has 2 rings (SSSR count). The zero-order chi connectivity index (χ0) is 13.1. The monoisotopic (exact) mass is 326 g/mol. The van der Waals surface area contributed by atoms with Gasteiger partial charge in [-0.05, 0) is 34.1 Å². The molecule has 0 aliphatic heterocycles. The SMILES string of the molecule is NC(=O)c1ccc(Cl)cc1Oc1cncc(Br)c1. The predicted molar refractivity (Wildman–Crippen MR) is 72.0 cm³/mol. The molecular weight excluding hydrogens is 320 g/mol. The van der Waals surface area contributed by atoms with Crippen molar-refractivity contribution in [3.63, 3.8) is 0 Å². The molecule has 0 saturated heterocycles. The minimum Gasteiger partial charge on any atom is -0.455 e. The van der Waals surface area contributed by atoms with Crippen molar-refractivity contribution < 1.29 is 9.53 Å². The van der Waals surface area contributed by atoms with Gasteiger partial charge < -0.3 is 10.5 Å². The number of ether oxygens (including phenoxy) is 1. The molecule has 0 atom stereocenters. The van der Waals surface area contributed by atoms with Crippen LogP contribution in [-0.4, -0.2) is 10.9 Å². The van der Waals surface area contributed by atoms with Crippen LogP contribution in [0.25, 0.3) is 0 Å². The topological polar surface area (TPSA) is 65.2 Å². The first-order valence-electron chi connectivity index (χ1n) is 4.94. The predicted octanol–water partition coefficient (Wildman–Crippen LogP) is 3.39. The third-order valence-corrected chi connectivity index (χ3v) is 2.79. The molecule has 0 fully saturated rings. The number of aromatic nitrogens is 1. The molecule has 1 aromatic carbocycles. The molecule has 1 heterocycles. The van der Waals surface area contributed by atoms with Gasteiger partial charge in [-0.25, -0.2) is 0 Å². The van der Waals surface area contributed by atoms with E-state index in [0.717, 1.165) is 4.47 Å². The van der Waals surface area contributed by atoms with Crippen molar-refractivity contribution in [1.82, 2.24) is 4.98 Å². The molecule has 2 aromatic rings. The number of pyridine rings is 1. The molecule has 6 heteroatoms.